The second kappa shape index (κ2) is 7.20. The molecule has 0 unspecified atom stereocenters. The van der Waals surface area contributed by atoms with Gasteiger partial charge in [0.05, 0.1) is 5.03 Å². The SMILES string of the molecule is CCN(CC)c1nc(C)cc([SH](CC)(CC)=P(O)(O)O)n1. The zero-order valence-corrected chi connectivity index (χ0v) is 15.3. The standard InChI is InChI=1S/C13H28N3O3PS/c1-6-16(7-2)13-14-11(5)10-12(15-13)21(8-3,9-4)20(17,18)19/h10,17-19,21H,6-9H2,1-5H3. The minimum absolute atomic E-state index is 0.509. The molecule has 0 atom stereocenters. The number of aryl methyl sites for hydroxylation is 1. The molecular formula is C13H28N3O3PS. The van der Waals surface area contributed by atoms with Crippen molar-refractivity contribution in [2.24, 2.45) is 0 Å². The van der Waals surface area contributed by atoms with E-state index in [1.165, 1.54) is 0 Å². The number of hydrogen-bond donors (Lipinski definition) is 4. The smallest absolute Gasteiger partial charge is 0.264 e. The fourth-order valence-corrected chi connectivity index (χ4v) is 8.70. The lowest BCUT2D eigenvalue weighted by Crippen LogP contribution is -2.27. The van der Waals surface area contributed by atoms with E-state index in [0.717, 1.165) is 18.8 Å². The summed E-state index contributed by atoms with van der Waals surface area (Å²) < 4.78 is 0. The van der Waals surface area contributed by atoms with E-state index in [1.807, 2.05) is 39.5 Å². The first-order valence-corrected chi connectivity index (χ1v) is 11.8. The molecule has 0 bridgehead atoms. The number of anilines is 1. The van der Waals surface area contributed by atoms with Gasteiger partial charge in [-0.25, -0.2) is 9.97 Å². The van der Waals surface area contributed by atoms with E-state index in [2.05, 4.69) is 9.97 Å². The molecule has 3 N–H and O–H groups in total. The highest BCUT2D eigenvalue weighted by Gasteiger charge is 2.27. The summed E-state index contributed by atoms with van der Waals surface area (Å²) in [6, 6.07) is 1.78. The summed E-state index contributed by atoms with van der Waals surface area (Å²) in [7, 11) is -2.51. The van der Waals surface area contributed by atoms with E-state index in [4.69, 9.17) is 0 Å². The average molecular weight is 337 g/mol. The Hall–Kier alpha value is -0.460. The van der Waals surface area contributed by atoms with Gasteiger partial charge in [-0.1, -0.05) is 13.8 Å². The van der Waals surface area contributed by atoms with Crippen LogP contribution in [0.5, 0.6) is 0 Å². The molecule has 1 rings (SSSR count). The second-order valence-corrected chi connectivity index (χ2v) is 13.5. The summed E-state index contributed by atoms with van der Waals surface area (Å²) in [6.07, 6.45) is 0. The zero-order chi connectivity index (χ0) is 16.3. The molecule has 8 heteroatoms. The van der Waals surface area contributed by atoms with Crippen LogP contribution in [-0.2, 0) is 9.21 Å². The molecule has 0 aliphatic rings. The van der Waals surface area contributed by atoms with Crippen molar-refractivity contribution in [2.45, 2.75) is 39.6 Å². The number of hydrogen-bond acceptors (Lipinski definition) is 3. The summed E-state index contributed by atoms with van der Waals surface area (Å²) in [5, 5.41) is 0.614. The lowest BCUT2D eigenvalue weighted by Gasteiger charge is -2.33. The van der Waals surface area contributed by atoms with Crippen LogP contribution in [0.15, 0.2) is 11.1 Å². The first kappa shape index (κ1) is 18.6. The lowest BCUT2D eigenvalue weighted by atomic mass is 10.4. The molecule has 6 nitrogen and oxygen atoms in total. The van der Waals surface area contributed by atoms with Crippen molar-refractivity contribution < 1.29 is 14.7 Å². The first-order chi connectivity index (χ1) is 9.75. The number of nitrogens with zero attached hydrogens (tertiary/aromatic N) is 3. The molecule has 0 radical (unpaired) electrons. The molecule has 0 aromatic carbocycles. The third kappa shape index (κ3) is 3.66. The molecule has 0 spiro atoms. The van der Waals surface area contributed by atoms with E-state index in [9.17, 15) is 14.7 Å². The van der Waals surface area contributed by atoms with E-state index in [0.29, 0.717) is 22.5 Å². The third-order valence-corrected chi connectivity index (χ3v) is 13.5. The van der Waals surface area contributed by atoms with E-state index in [1.54, 1.807) is 6.07 Å². The Bertz CT molecular complexity index is 554. The Morgan fingerprint density at radius 3 is 1.95 bits per heavy atom. The van der Waals surface area contributed by atoms with Gasteiger partial charge in [-0.3, -0.25) is 0 Å². The highest BCUT2D eigenvalue weighted by molar-refractivity contribution is 8.38. The molecule has 0 saturated heterocycles. The summed E-state index contributed by atoms with van der Waals surface area (Å²) in [6.45, 7) is 7.27. The van der Waals surface area contributed by atoms with Crippen LogP contribution >= 0.6 is 6.72 Å². The van der Waals surface area contributed by atoms with Crippen LogP contribution in [0, 0.1) is 6.92 Å². The fourth-order valence-electron chi connectivity index (χ4n) is 2.46. The second-order valence-electron chi connectivity index (χ2n) is 4.93. The lowest BCUT2D eigenvalue weighted by molar-refractivity contribution is 0.362. The molecule has 0 aliphatic carbocycles. The molecule has 1 heterocycles. The van der Waals surface area contributed by atoms with Gasteiger partial charge in [0.15, 0.2) is 0 Å². The van der Waals surface area contributed by atoms with Crippen molar-refractivity contribution in [3.63, 3.8) is 0 Å². The molecule has 0 fully saturated rings. The number of rotatable bonds is 6. The number of aromatic nitrogens is 2. The zero-order valence-electron chi connectivity index (χ0n) is 13.5. The van der Waals surface area contributed by atoms with Crippen LogP contribution in [0.25, 0.3) is 0 Å². The maximum atomic E-state index is 10.0. The average Bonchev–Trinajstić information content (AvgIpc) is 2.40. The molecule has 0 aliphatic heterocycles. The maximum Gasteiger partial charge on any atom is 0.264 e. The van der Waals surface area contributed by atoms with Gasteiger partial charge in [0.2, 0.25) is 5.95 Å². The summed E-state index contributed by atoms with van der Waals surface area (Å²) in [5.74, 6) is 1.61. The quantitative estimate of drug-likeness (QED) is 0.358. The first-order valence-electron chi connectivity index (χ1n) is 7.31. The minimum Gasteiger partial charge on any atom is -0.341 e. The predicted molar refractivity (Wildman–Crippen MR) is 92.0 cm³/mol. The summed E-state index contributed by atoms with van der Waals surface area (Å²) in [5.41, 5.74) is 0.779. The Kier molecular flexibility index (Phi) is 6.37. The molecular weight excluding hydrogens is 309 g/mol. The van der Waals surface area contributed by atoms with Crippen LogP contribution in [0.4, 0.5) is 5.95 Å². The Labute approximate surface area is 128 Å². The van der Waals surface area contributed by atoms with Crippen molar-refractivity contribution >= 4 is 21.9 Å². The van der Waals surface area contributed by atoms with E-state index < -0.39 is 15.9 Å². The Morgan fingerprint density at radius 2 is 1.57 bits per heavy atom. The van der Waals surface area contributed by atoms with Crippen LogP contribution < -0.4 is 4.90 Å². The molecule has 124 valence electrons. The monoisotopic (exact) mass is 337 g/mol. The van der Waals surface area contributed by atoms with Gasteiger partial charge in [-0.2, -0.15) is 9.21 Å². The highest BCUT2D eigenvalue weighted by Crippen LogP contribution is 2.48. The van der Waals surface area contributed by atoms with Gasteiger partial charge < -0.3 is 19.6 Å². The summed E-state index contributed by atoms with van der Waals surface area (Å²) >= 11 is 0. The molecule has 0 saturated carbocycles. The van der Waals surface area contributed by atoms with E-state index in [-0.39, 0.29) is 0 Å². The normalized spacial score (nSPS) is 13.3. The largest absolute Gasteiger partial charge is 0.341 e. The van der Waals surface area contributed by atoms with Crippen molar-refractivity contribution in [3.8, 4) is 0 Å². The predicted octanol–water partition coefficient (Wildman–Crippen LogP) is 1.57. The van der Waals surface area contributed by atoms with Gasteiger partial charge in [-0.05, 0) is 38.3 Å². The van der Waals surface area contributed by atoms with Crippen LogP contribution in [0.2, 0.25) is 0 Å². The topological polar surface area (TPSA) is 89.7 Å². The van der Waals surface area contributed by atoms with Crippen molar-refractivity contribution in [3.05, 3.63) is 11.8 Å². The van der Waals surface area contributed by atoms with Crippen molar-refractivity contribution in [1.82, 2.24) is 9.97 Å². The van der Waals surface area contributed by atoms with Crippen LogP contribution in [0.1, 0.15) is 33.4 Å². The third-order valence-electron chi connectivity index (χ3n) is 3.86. The minimum atomic E-state index is -3.96. The van der Waals surface area contributed by atoms with Gasteiger partial charge >= 0.3 is 0 Å². The van der Waals surface area contributed by atoms with Crippen LogP contribution in [0.3, 0.4) is 0 Å². The van der Waals surface area contributed by atoms with Crippen LogP contribution in [-0.4, -0.2) is 49.2 Å². The summed E-state index contributed by atoms with van der Waals surface area (Å²) in [4.78, 5) is 41.1. The maximum absolute atomic E-state index is 10.0. The molecule has 0 amide bonds. The fraction of sp³-hybridized carbons (Fsp3) is 0.692. The van der Waals surface area contributed by atoms with E-state index >= 15 is 0 Å². The van der Waals surface area contributed by atoms with Gasteiger partial charge in [0, 0.05) is 18.8 Å². The Balaban J connectivity index is 3.64. The highest BCUT2D eigenvalue weighted by atomic mass is 32.6. The van der Waals surface area contributed by atoms with Gasteiger partial charge in [-0.15, -0.1) is 0 Å². The van der Waals surface area contributed by atoms with Crippen molar-refractivity contribution in [1.29, 1.82) is 0 Å². The Morgan fingerprint density at radius 1 is 1.05 bits per heavy atom. The molecule has 21 heavy (non-hydrogen) atoms. The molecule has 1 aromatic rings. The van der Waals surface area contributed by atoms with Gasteiger partial charge in [0.25, 0.3) is 6.72 Å². The molecule has 1 aromatic heterocycles. The number of thiol groups is 1. The van der Waals surface area contributed by atoms with Gasteiger partial charge in [0.1, 0.15) is 0 Å². The van der Waals surface area contributed by atoms with Crippen molar-refractivity contribution in [2.75, 3.05) is 29.5 Å².